The third kappa shape index (κ3) is 2.80. The SMILES string of the molecule is COCCn1cnc2c1c(=O)n(CC#N)c(=O)n2CC(C)C. The van der Waals surface area contributed by atoms with Crippen LogP contribution in [0.25, 0.3) is 11.2 Å². The van der Waals surface area contributed by atoms with Gasteiger partial charge in [-0.05, 0) is 5.92 Å². The number of imidazole rings is 1. The first kappa shape index (κ1) is 16.0. The van der Waals surface area contributed by atoms with Crippen LogP contribution in [0.2, 0.25) is 0 Å². The standard InChI is InChI=1S/C14H19N5O3/c1-10(2)8-19-12-11(17(9-16-12)6-7-22-3)13(20)18(5-4-15)14(19)21/h9-10H,5-8H2,1-3H3. The first-order chi connectivity index (χ1) is 10.5. The van der Waals surface area contributed by atoms with Crippen LogP contribution in [0, 0.1) is 17.2 Å². The summed E-state index contributed by atoms with van der Waals surface area (Å²) in [5.74, 6) is 0.207. The van der Waals surface area contributed by atoms with E-state index < -0.39 is 11.2 Å². The highest BCUT2D eigenvalue weighted by Crippen LogP contribution is 2.09. The molecule has 2 rings (SSSR count). The van der Waals surface area contributed by atoms with E-state index in [4.69, 9.17) is 10.00 Å². The van der Waals surface area contributed by atoms with Crippen LogP contribution in [0.15, 0.2) is 15.9 Å². The number of hydrogen-bond acceptors (Lipinski definition) is 5. The predicted octanol–water partition coefficient (Wildman–Crippen LogP) is 0.186. The molecule has 2 heterocycles. The highest BCUT2D eigenvalue weighted by molar-refractivity contribution is 5.70. The Labute approximate surface area is 127 Å². The van der Waals surface area contributed by atoms with Crippen LogP contribution in [0.3, 0.4) is 0 Å². The van der Waals surface area contributed by atoms with E-state index in [-0.39, 0.29) is 12.5 Å². The minimum atomic E-state index is -0.496. The van der Waals surface area contributed by atoms with Crippen LogP contribution in [-0.2, 0) is 24.4 Å². The summed E-state index contributed by atoms with van der Waals surface area (Å²) in [6.07, 6.45) is 1.53. The molecule has 0 aliphatic carbocycles. The molecule has 0 atom stereocenters. The lowest BCUT2D eigenvalue weighted by molar-refractivity contribution is 0.188. The summed E-state index contributed by atoms with van der Waals surface area (Å²) < 4.78 is 9.09. The van der Waals surface area contributed by atoms with E-state index in [1.165, 1.54) is 10.9 Å². The molecule has 8 heteroatoms. The van der Waals surface area contributed by atoms with Crippen LogP contribution in [0.4, 0.5) is 0 Å². The number of nitrogens with zero attached hydrogens (tertiary/aromatic N) is 5. The van der Waals surface area contributed by atoms with Gasteiger partial charge in [0.2, 0.25) is 0 Å². The second kappa shape index (κ2) is 6.58. The van der Waals surface area contributed by atoms with E-state index >= 15 is 0 Å². The fraction of sp³-hybridized carbons (Fsp3) is 0.571. The molecular weight excluding hydrogens is 286 g/mol. The quantitative estimate of drug-likeness (QED) is 0.759. The zero-order chi connectivity index (χ0) is 16.3. The zero-order valence-electron chi connectivity index (χ0n) is 12.9. The maximum absolute atomic E-state index is 12.5. The highest BCUT2D eigenvalue weighted by atomic mass is 16.5. The van der Waals surface area contributed by atoms with Crippen molar-refractivity contribution in [1.29, 1.82) is 5.26 Å². The molecule has 2 aromatic rings. The molecule has 0 N–H and O–H groups in total. The summed E-state index contributed by atoms with van der Waals surface area (Å²) in [5, 5.41) is 8.87. The van der Waals surface area contributed by atoms with Crippen LogP contribution >= 0.6 is 0 Å². The Hall–Kier alpha value is -2.40. The van der Waals surface area contributed by atoms with Crippen LogP contribution < -0.4 is 11.2 Å². The van der Waals surface area contributed by atoms with Gasteiger partial charge < -0.3 is 9.30 Å². The van der Waals surface area contributed by atoms with Crippen molar-refractivity contribution in [3.8, 4) is 6.07 Å². The van der Waals surface area contributed by atoms with Crippen molar-refractivity contribution in [3.05, 3.63) is 27.2 Å². The minimum absolute atomic E-state index is 0.207. The molecule has 0 amide bonds. The Balaban J connectivity index is 2.77. The fourth-order valence-corrected chi connectivity index (χ4v) is 2.34. The molecule has 0 radical (unpaired) electrons. The number of methoxy groups -OCH3 is 1. The Bertz CT molecular complexity index is 822. The van der Waals surface area contributed by atoms with Gasteiger partial charge >= 0.3 is 5.69 Å². The lowest BCUT2D eigenvalue weighted by Crippen LogP contribution is -2.41. The smallest absolute Gasteiger partial charge is 0.333 e. The fourth-order valence-electron chi connectivity index (χ4n) is 2.34. The van der Waals surface area contributed by atoms with E-state index in [1.54, 1.807) is 11.7 Å². The Morgan fingerprint density at radius 1 is 1.36 bits per heavy atom. The third-order valence-electron chi connectivity index (χ3n) is 3.30. The molecule has 0 fully saturated rings. The van der Waals surface area contributed by atoms with Crippen molar-refractivity contribution in [3.63, 3.8) is 0 Å². The third-order valence-corrected chi connectivity index (χ3v) is 3.30. The van der Waals surface area contributed by atoms with Crippen molar-refractivity contribution < 1.29 is 4.74 Å². The van der Waals surface area contributed by atoms with Crippen LogP contribution in [0.5, 0.6) is 0 Å². The van der Waals surface area contributed by atoms with E-state index in [1.807, 2.05) is 19.9 Å². The number of hydrogen-bond donors (Lipinski definition) is 0. The van der Waals surface area contributed by atoms with Gasteiger partial charge in [-0.1, -0.05) is 13.8 Å². The van der Waals surface area contributed by atoms with Gasteiger partial charge in [0.05, 0.1) is 19.0 Å². The minimum Gasteiger partial charge on any atom is -0.383 e. The van der Waals surface area contributed by atoms with Gasteiger partial charge in [0.25, 0.3) is 5.56 Å². The molecule has 0 unspecified atom stereocenters. The molecule has 0 spiro atoms. The molecule has 0 aromatic carbocycles. The summed E-state index contributed by atoms with van der Waals surface area (Å²) in [6.45, 7) is 4.98. The lowest BCUT2D eigenvalue weighted by Gasteiger charge is -2.12. The molecule has 0 bridgehead atoms. The Morgan fingerprint density at radius 3 is 2.68 bits per heavy atom. The van der Waals surface area contributed by atoms with Gasteiger partial charge in [0.15, 0.2) is 11.2 Å². The topological polar surface area (TPSA) is 94.8 Å². The van der Waals surface area contributed by atoms with E-state index in [2.05, 4.69) is 4.98 Å². The first-order valence-corrected chi connectivity index (χ1v) is 7.05. The van der Waals surface area contributed by atoms with Crippen molar-refractivity contribution in [2.24, 2.45) is 5.92 Å². The van der Waals surface area contributed by atoms with E-state index in [0.29, 0.717) is 30.9 Å². The molecule has 118 valence electrons. The van der Waals surface area contributed by atoms with Gasteiger partial charge in [0.1, 0.15) is 6.54 Å². The maximum Gasteiger partial charge on any atom is 0.333 e. The van der Waals surface area contributed by atoms with Gasteiger partial charge in [-0.15, -0.1) is 0 Å². The molecular formula is C14H19N5O3. The lowest BCUT2D eigenvalue weighted by atomic mass is 10.2. The molecule has 22 heavy (non-hydrogen) atoms. The summed E-state index contributed by atoms with van der Waals surface area (Å²) in [5.41, 5.74) is -0.304. The largest absolute Gasteiger partial charge is 0.383 e. The van der Waals surface area contributed by atoms with Gasteiger partial charge in [-0.25, -0.2) is 14.3 Å². The second-order valence-electron chi connectivity index (χ2n) is 5.44. The number of aromatic nitrogens is 4. The van der Waals surface area contributed by atoms with Crippen molar-refractivity contribution in [2.45, 2.75) is 33.5 Å². The van der Waals surface area contributed by atoms with Crippen LogP contribution in [-0.4, -0.2) is 32.4 Å². The molecule has 0 saturated heterocycles. The molecule has 0 aliphatic rings. The Kier molecular flexibility index (Phi) is 4.78. The van der Waals surface area contributed by atoms with E-state index in [9.17, 15) is 9.59 Å². The molecule has 2 aromatic heterocycles. The summed E-state index contributed by atoms with van der Waals surface area (Å²) in [4.78, 5) is 29.2. The summed E-state index contributed by atoms with van der Waals surface area (Å²) >= 11 is 0. The van der Waals surface area contributed by atoms with E-state index in [0.717, 1.165) is 4.57 Å². The molecule has 0 saturated carbocycles. The molecule has 8 nitrogen and oxygen atoms in total. The Morgan fingerprint density at radius 2 is 2.09 bits per heavy atom. The van der Waals surface area contributed by atoms with Gasteiger partial charge in [-0.2, -0.15) is 5.26 Å². The van der Waals surface area contributed by atoms with Gasteiger partial charge in [0, 0.05) is 20.2 Å². The number of ether oxygens (including phenoxy) is 1. The summed E-state index contributed by atoms with van der Waals surface area (Å²) in [6, 6.07) is 1.86. The van der Waals surface area contributed by atoms with Gasteiger partial charge in [-0.3, -0.25) is 9.36 Å². The van der Waals surface area contributed by atoms with Crippen molar-refractivity contribution >= 4 is 11.2 Å². The van der Waals surface area contributed by atoms with Crippen molar-refractivity contribution in [2.75, 3.05) is 13.7 Å². The first-order valence-electron chi connectivity index (χ1n) is 7.05. The maximum atomic E-state index is 12.5. The highest BCUT2D eigenvalue weighted by Gasteiger charge is 2.18. The normalized spacial score (nSPS) is 11.2. The number of nitriles is 1. The average Bonchev–Trinajstić information content (AvgIpc) is 2.89. The van der Waals surface area contributed by atoms with Crippen molar-refractivity contribution in [1.82, 2.24) is 18.7 Å². The molecule has 0 aliphatic heterocycles. The zero-order valence-corrected chi connectivity index (χ0v) is 12.9. The average molecular weight is 305 g/mol. The summed E-state index contributed by atoms with van der Waals surface area (Å²) in [7, 11) is 1.57. The number of fused-ring (bicyclic) bond motifs is 1. The number of rotatable bonds is 6. The van der Waals surface area contributed by atoms with Crippen LogP contribution in [0.1, 0.15) is 13.8 Å². The monoisotopic (exact) mass is 305 g/mol. The second-order valence-corrected chi connectivity index (χ2v) is 5.44. The predicted molar refractivity (Wildman–Crippen MR) is 80.6 cm³/mol.